The molecule has 1 rings (SSSR count). The van der Waals surface area contributed by atoms with Crippen LogP contribution in [0.2, 0.25) is 0 Å². The van der Waals surface area contributed by atoms with Crippen LogP contribution in [0.25, 0.3) is 0 Å². The SMILES string of the molecule is CCOP(CSc1ccccc1F)OCC. The predicted molar refractivity (Wildman–Crippen MR) is 67.3 cm³/mol. The molecule has 0 aliphatic heterocycles. The minimum absolute atomic E-state index is 0.185. The highest BCUT2D eigenvalue weighted by molar-refractivity contribution is 8.04. The fraction of sp³-hybridized carbons (Fsp3) is 0.455. The van der Waals surface area contributed by atoms with Gasteiger partial charge in [0.25, 0.3) is 0 Å². The molecule has 16 heavy (non-hydrogen) atoms. The monoisotopic (exact) mass is 262 g/mol. The van der Waals surface area contributed by atoms with Gasteiger partial charge in [-0.2, -0.15) is 0 Å². The van der Waals surface area contributed by atoms with E-state index in [0.29, 0.717) is 23.6 Å². The van der Waals surface area contributed by atoms with Crippen LogP contribution in [0.1, 0.15) is 13.8 Å². The number of rotatable bonds is 7. The van der Waals surface area contributed by atoms with Crippen molar-refractivity contribution in [1.29, 1.82) is 0 Å². The Morgan fingerprint density at radius 2 is 1.81 bits per heavy atom. The molecule has 0 fully saturated rings. The molecule has 5 heteroatoms. The Hall–Kier alpha value is -0.150. The van der Waals surface area contributed by atoms with E-state index in [0.717, 1.165) is 0 Å². The minimum Gasteiger partial charge on any atom is -0.334 e. The van der Waals surface area contributed by atoms with Gasteiger partial charge in [0.2, 0.25) is 0 Å². The van der Waals surface area contributed by atoms with Gasteiger partial charge in [0.1, 0.15) is 5.82 Å². The number of halogens is 1. The van der Waals surface area contributed by atoms with Crippen molar-refractivity contribution in [1.82, 2.24) is 0 Å². The first kappa shape index (κ1) is 13.9. The molecule has 0 amide bonds. The van der Waals surface area contributed by atoms with Crippen molar-refractivity contribution in [3.8, 4) is 0 Å². The zero-order valence-electron chi connectivity index (χ0n) is 9.48. The van der Waals surface area contributed by atoms with Gasteiger partial charge in [0.05, 0.1) is 18.7 Å². The molecule has 0 saturated heterocycles. The van der Waals surface area contributed by atoms with Crippen molar-refractivity contribution in [3.05, 3.63) is 30.1 Å². The molecule has 0 bridgehead atoms. The quantitative estimate of drug-likeness (QED) is 0.540. The van der Waals surface area contributed by atoms with E-state index in [2.05, 4.69) is 0 Å². The Morgan fingerprint density at radius 1 is 1.19 bits per heavy atom. The smallest absolute Gasteiger partial charge is 0.181 e. The van der Waals surface area contributed by atoms with Crippen LogP contribution in [0.3, 0.4) is 0 Å². The molecule has 1 aromatic rings. The van der Waals surface area contributed by atoms with Crippen molar-refractivity contribution in [2.75, 3.05) is 18.7 Å². The van der Waals surface area contributed by atoms with Gasteiger partial charge in [-0.15, -0.1) is 11.8 Å². The van der Waals surface area contributed by atoms with Crippen molar-refractivity contribution >= 4 is 20.1 Å². The predicted octanol–water partition coefficient (Wildman–Crippen LogP) is 4.26. The second-order valence-electron chi connectivity index (χ2n) is 2.87. The highest BCUT2D eigenvalue weighted by atomic mass is 32.2. The summed E-state index contributed by atoms with van der Waals surface area (Å²) >= 11 is 1.44. The Bertz CT molecular complexity index is 306. The lowest BCUT2D eigenvalue weighted by atomic mass is 10.4. The molecular formula is C11H16FO2PS. The molecule has 0 spiro atoms. The zero-order chi connectivity index (χ0) is 11.8. The average Bonchev–Trinajstić information content (AvgIpc) is 2.28. The highest BCUT2D eigenvalue weighted by Gasteiger charge is 2.11. The summed E-state index contributed by atoms with van der Waals surface area (Å²) in [4.78, 5) is 0.648. The molecule has 90 valence electrons. The summed E-state index contributed by atoms with van der Waals surface area (Å²) in [5.41, 5.74) is 0.665. The Morgan fingerprint density at radius 3 is 2.38 bits per heavy atom. The van der Waals surface area contributed by atoms with Crippen molar-refractivity contribution in [2.45, 2.75) is 18.7 Å². The summed E-state index contributed by atoms with van der Waals surface area (Å²) in [5, 5.41) is 0. The van der Waals surface area contributed by atoms with Crippen LogP contribution in [0, 0.1) is 5.82 Å². The van der Waals surface area contributed by atoms with Crippen molar-refractivity contribution in [2.24, 2.45) is 0 Å². The maximum atomic E-state index is 13.3. The third kappa shape index (κ3) is 4.79. The molecule has 0 radical (unpaired) electrons. The number of hydrogen-bond acceptors (Lipinski definition) is 3. The summed E-state index contributed by atoms with van der Waals surface area (Å²) < 4.78 is 24.2. The summed E-state index contributed by atoms with van der Waals surface area (Å²) in [6.45, 7) is 5.12. The van der Waals surface area contributed by atoms with Gasteiger partial charge in [-0.1, -0.05) is 12.1 Å². The number of hydrogen-bond donors (Lipinski definition) is 0. The zero-order valence-corrected chi connectivity index (χ0v) is 11.2. The van der Waals surface area contributed by atoms with Crippen LogP contribution in [0.15, 0.2) is 29.2 Å². The lowest BCUT2D eigenvalue weighted by molar-refractivity contribution is 0.273. The van der Waals surface area contributed by atoms with E-state index in [9.17, 15) is 4.39 Å². The third-order valence-corrected chi connectivity index (χ3v) is 4.80. The van der Waals surface area contributed by atoms with Crippen molar-refractivity contribution < 1.29 is 13.4 Å². The normalized spacial score (nSPS) is 11.0. The lowest BCUT2D eigenvalue weighted by Crippen LogP contribution is -1.93. The van der Waals surface area contributed by atoms with E-state index in [1.807, 2.05) is 19.9 Å². The van der Waals surface area contributed by atoms with E-state index < -0.39 is 8.38 Å². The maximum Gasteiger partial charge on any atom is 0.181 e. The summed E-state index contributed by atoms with van der Waals surface area (Å²) in [5.74, 6) is -0.185. The molecule has 0 heterocycles. The molecule has 2 nitrogen and oxygen atoms in total. The van der Waals surface area contributed by atoms with Gasteiger partial charge in [-0.25, -0.2) is 4.39 Å². The molecule has 0 atom stereocenters. The molecule has 0 aromatic heterocycles. The standard InChI is InChI=1S/C11H16FO2PS/c1-3-13-15(14-4-2)9-16-11-8-6-5-7-10(11)12/h5-8H,3-4,9H2,1-2H3. The van der Waals surface area contributed by atoms with Crippen LogP contribution in [-0.4, -0.2) is 18.7 Å². The van der Waals surface area contributed by atoms with Gasteiger partial charge in [-0.3, -0.25) is 0 Å². The Kier molecular flexibility index (Phi) is 6.97. The van der Waals surface area contributed by atoms with E-state index in [-0.39, 0.29) is 5.82 Å². The molecule has 0 aliphatic rings. The van der Waals surface area contributed by atoms with Crippen LogP contribution in [-0.2, 0) is 9.05 Å². The van der Waals surface area contributed by atoms with Crippen LogP contribution < -0.4 is 0 Å². The van der Waals surface area contributed by atoms with Gasteiger partial charge >= 0.3 is 0 Å². The van der Waals surface area contributed by atoms with Gasteiger partial charge in [0.15, 0.2) is 8.38 Å². The van der Waals surface area contributed by atoms with E-state index in [1.165, 1.54) is 17.8 Å². The van der Waals surface area contributed by atoms with Crippen LogP contribution in [0.5, 0.6) is 0 Å². The molecule has 1 aromatic carbocycles. The van der Waals surface area contributed by atoms with Crippen LogP contribution >= 0.6 is 20.1 Å². The fourth-order valence-electron chi connectivity index (χ4n) is 1.08. The summed E-state index contributed by atoms with van der Waals surface area (Å²) in [6.07, 6.45) is 0. The first-order chi connectivity index (χ1) is 7.77. The van der Waals surface area contributed by atoms with Crippen LogP contribution in [0.4, 0.5) is 4.39 Å². The summed E-state index contributed by atoms with van der Waals surface area (Å²) in [7, 11) is -0.901. The molecule has 0 N–H and O–H groups in total. The molecule has 0 aliphatic carbocycles. The average molecular weight is 262 g/mol. The highest BCUT2D eigenvalue weighted by Crippen LogP contribution is 2.43. The van der Waals surface area contributed by atoms with E-state index in [1.54, 1.807) is 12.1 Å². The van der Waals surface area contributed by atoms with Gasteiger partial charge < -0.3 is 9.05 Å². The summed E-state index contributed by atoms with van der Waals surface area (Å²) in [6, 6.07) is 6.75. The molecule has 0 saturated carbocycles. The number of thioether (sulfide) groups is 1. The first-order valence-corrected chi connectivity index (χ1v) is 7.53. The third-order valence-electron chi connectivity index (χ3n) is 1.71. The number of benzene rings is 1. The Labute approximate surface area is 101 Å². The topological polar surface area (TPSA) is 18.5 Å². The first-order valence-electron chi connectivity index (χ1n) is 5.18. The Balaban J connectivity index is 2.45. The van der Waals surface area contributed by atoms with Gasteiger partial charge in [0, 0.05) is 4.90 Å². The maximum absolute atomic E-state index is 13.3. The van der Waals surface area contributed by atoms with Gasteiger partial charge in [-0.05, 0) is 26.0 Å². The lowest BCUT2D eigenvalue weighted by Gasteiger charge is -2.15. The largest absolute Gasteiger partial charge is 0.334 e. The molecular weight excluding hydrogens is 246 g/mol. The molecule has 0 unspecified atom stereocenters. The van der Waals surface area contributed by atoms with E-state index >= 15 is 0 Å². The second-order valence-corrected chi connectivity index (χ2v) is 5.82. The van der Waals surface area contributed by atoms with E-state index in [4.69, 9.17) is 9.05 Å². The fourth-order valence-corrected chi connectivity index (χ4v) is 3.69. The minimum atomic E-state index is -0.901. The van der Waals surface area contributed by atoms with Crippen molar-refractivity contribution in [3.63, 3.8) is 0 Å². The second kappa shape index (κ2) is 8.02.